The third-order valence-electron chi connectivity index (χ3n) is 5.28. The van der Waals surface area contributed by atoms with Crippen LogP contribution in [0.3, 0.4) is 0 Å². The van der Waals surface area contributed by atoms with Gasteiger partial charge in [0.15, 0.2) is 0 Å². The van der Waals surface area contributed by atoms with Gasteiger partial charge in [-0.05, 0) is 70.7 Å². The molecule has 3 N–H and O–H groups in total. The van der Waals surface area contributed by atoms with Crippen LogP contribution in [0.4, 0.5) is 0 Å². The van der Waals surface area contributed by atoms with Gasteiger partial charge in [0.2, 0.25) is 0 Å². The molecule has 1 aromatic heterocycles. The standard InChI is InChI=1S/C21H22IN3O/c22-18-5-2-6-19-17(18)12-20(24-19)21(26)25-9-7-15(8-10-25)16-4-1-3-14(11-16)13-23/h1-6,11-12,15,24H,7-10,13,23H2. The number of nitrogens with zero attached hydrogens (tertiary/aromatic N) is 1. The molecular weight excluding hydrogens is 437 g/mol. The molecule has 0 radical (unpaired) electrons. The molecule has 4 nitrogen and oxygen atoms in total. The van der Waals surface area contributed by atoms with Gasteiger partial charge in [-0.3, -0.25) is 4.79 Å². The fraction of sp³-hybridized carbons (Fsp3) is 0.286. The molecule has 0 spiro atoms. The van der Waals surface area contributed by atoms with Crippen LogP contribution < -0.4 is 5.73 Å². The third kappa shape index (κ3) is 3.38. The van der Waals surface area contributed by atoms with E-state index in [1.807, 2.05) is 23.1 Å². The van der Waals surface area contributed by atoms with Gasteiger partial charge in [-0.2, -0.15) is 0 Å². The van der Waals surface area contributed by atoms with Crippen molar-refractivity contribution in [1.29, 1.82) is 0 Å². The van der Waals surface area contributed by atoms with Crippen molar-refractivity contribution in [3.63, 3.8) is 0 Å². The van der Waals surface area contributed by atoms with E-state index in [-0.39, 0.29) is 5.91 Å². The highest BCUT2D eigenvalue weighted by molar-refractivity contribution is 14.1. The second-order valence-corrected chi connectivity index (χ2v) is 8.06. The number of hydrogen-bond donors (Lipinski definition) is 2. The van der Waals surface area contributed by atoms with Crippen LogP contribution in [0, 0.1) is 3.57 Å². The first-order valence-corrected chi connectivity index (χ1v) is 10.1. The molecular formula is C21H22IN3O. The van der Waals surface area contributed by atoms with E-state index in [9.17, 15) is 4.79 Å². The number of carbonyl (C=O) groups excluding carboxylic acids is 1. The first-order chi connectivity index (χ1) is 12.7. The van der Waals surface area contributed by atoms with Gasteiger partial charge < -0.3 is 15.6 Å². The lowest BCUT2D eigenvalue weighted by molar-refractivity contribution is 0.0708. The Labute approximate surface area is 166 Å². The van der Waals surface area contributed by atoms with Gasteiger partial charge >= 0.3 is 0 Å². The lowest BCUT2D eigenvalue weighted by atomic mass is 9.88. The minimum atomic E-state index is 0.103. The second kappa shape index (κ2) is 7.40. The van der Waals surface area contributed by atoms with Gasteiger partial charge in [-0.25, -0.2) is 0 Å². The van der Waals surface area contributed by atoms with Crippen LogP contribution in [0.25, 0.3) is 10.9 Å². The van der Waals surface area contributed by atoms with Crippen LogP contribution >= 0.6 is 22.6 Å². The highest BCUT2D eigenvalue weighted by atomic mass is 127. The number of carbonyl (C=O) groups is 1. The molecule has 2 aromatic carbocycles. The van der Waals surface area contributed by atoms with Crippen LogP contribution in [0.1, 0.15) is 40.4 Å². The highest BCUT2D eigenvalue weighted by Gasteiger charge is 2.25. The zero-order valence-electron chi connectivity index (χ0n) is 14.5. The molecule has 1 aliphatic rings. The summed E-state index contributed by atoms with van der Waals surface area (Å²) in [7, 11) is 0. The topological polar surface area (TPSA) is 62.1 Å². The van der Waals surface area contributed by atoms with Gasteiger partial charge in [-0.15, -0.1) is 0 Å². The Balaban J connectivity index is 1.46. The molecule has 4 rings (SSSR count). The summed E-state index contributed by atoms with van der Waals surface area (Å²) in [5, 5.41) is 1.12. The molecule has 3 aromatic rings. The number of nitrogens with two attached hydrogens (primary N) is 1. The largest absolute Gasteiger partial charge is 0.350 e. The Morgan fingerprint density at radius 3 is 2.65 bits per heavy atom. The van der Waals surface area contributed by atoms with E-state index in [0.29, 0.717) is 18.2 Å². The Kier molecular flexibility index (Phi) is 5.00. The summed E-state index contributed by atoms with van der Waals surface area (Å²) in [5.74, 6) is 0.611. The lowest BCUT2D eigenvalue weighted by Gasteiger charge is -2.32. The first-order valence-electron chi connectivity index (χ1n) is 9.01. The zero-order chi connectivity index (χ0) is 18.1. The predicted molar refractivity (Wildman–Crippen MR) is 113 cm³/mol. The predicted octanol–water partition coefficient (Wildman–Crippen LogP) is 4.25. The summed E-state index contributed by atoms with van der Waals surface area (Å²) < 4.78 is 1.16. The summed E-state index contributed by atoms with van der Waals surface area (Å²) in [4.78, 5) is 18.2. The van der Waals surface area contributed by atoms with Crippen molar-refractivity contribution in [3.8, 4) is 0 Å². The third-order valence-corrected chi connectivity index (χ3v) is 6.22. The lowest BCUT2D eigenvalue weighted by Crippen LogP contribution is -2.38. The smallest absolute Gasteiger partial charge is 0.270 e. The summed E-state index contributed by atoms with van der Waals surface area (Å²) in [6.07, 6.45) is 2.00. The molecule has 2 heterocycles. The van der Waals surface area contributed by atoms with Crippen LogP contribution in [-0.2, 0) is 6.54 Å². The molecule has 0 aliphatic carbocycles. The van der Waals surface area contributed by atoms with Crippen LogP contribution in [-0.4, -0.2) is 28.9 Å². The number of nitrogens with one attached hydrogen (secondary N) is 1. The van der Waals surface area contributed by atoms with E-state index in [2.05, 4.69) is 57.9 Å². The Morgan fingerprint density at radius 1 is 1.15 bits per heavy atom. The zero-order valence-corrected chi connectivity index (χ0v) is 16.7. The summed E-state index contributed by atoms with van der Waals surface area (Å²) in [6, 6.07) is 16.6. The number of rotatable bonds is 3. The van der Waals surface area contributed by atoms with E-state index in [0.717, 1.165) is 40.4 Å². The maximum atomic E-state index is 12.9. The summed E-state index contributed by atoms with van der Waals surface area (Å²) in [6.45, 7) is 2.16. The van der Waals surface area contributed by atoms with E-state index in [1.54, 1.807) is 0 Å². The molecule has 1 saturated heterocycles. The van der Waals surface area contributed by atoms with Gasteiger partial charge in [0.05, 0.1) is 0 Å². The molecule has 5 heteroatoms. The molecule has 0 saturated carbocycles. The van der Waals surface area contributed by atoms with Crippen molar-refractivity contribution in [2.24, 2.45) is 5.73 Å². The highest BCUT2D eigenvalue weighted by Crippen LogP contribution is 2.30. The van der Waals surface area contributed by atoms with Gasteiger partial charge in [-0.1, -0.05) is 30.3 Å². The minimum absolute atomic E-state index is 0.103. The molecule has 1 fully saturated rings. The number of amides is 1. The van der Waals surface area contributed by atoms with Crippen molar-refractivity contribution >= 4 is 39.4 Å². The number of hydrogen-bond acceptors (Lipinski definition) is 2. The van der Waals surface area contributed by atoms with Crippen molar-refractivity contribution in [1.82, 2.24) is 9.88 Å². The summed E-state index contributed by atoms with van der Waals surface area (Å²) in [5.41, 5.74) is 9.99. The van der Waals surface area contributed by atoms with Crippen molar-refractivity contribution in [3.05, 3.63) is 68.9 Å². The minimum Gasteiger partial charge on any atom is -0.350 e. The number of halogens is 1. The molecule has 0 unspecified atom stereocenters. The Morgan fingerprint density at radius 2 is 1.92 bits per heavy atom. The van der Waals surface area contributed by atoms with Crippen LogP contribution in [0.2, 0.25) is 0 Å². The van der Waals surface area contributed by atoms with Crippen LogP contribution in [0.15, 0.2) is 48.5 Å². The maximum Gasteiger partial charge on any atom is 0.270 e. The molecule has 1 amide bonds. The van der Waals surface area contributed by atoms with E-state index in [4.69, 9.17) is 5.73 Å². The molecule has 0 atom stereocenters. The average molecular weight is 459 g/mol. The average Bonchev–Trinajstić information content (AvgIpc) is 3.13. The normalized spacial score (nSPS) is 15.5. The van der Waals surface area contributed by atoms with E-state index < -0.39 is 0 Å². The molecule has 1 aliphatic heterocycles. The monoisotopic (exact) mass is 459 g/mol. The second-order valence-electron chi connectivity index (χ2n) is 6.90. The van der Waals surface area contributed by atoms with Crippen molar-refractivity contribution in [2.75, 3.05) is 13.1 Å². The van der Waals surface area contributed by atoms with Crippen molar-refractivity contribution in [2.45, 2.75) is 25.3 Å². The van der Waals surface area contributed by atoms with Gasteiger partial charge in [0.25, 0.3) is 5.91 Å². The fourth-order valence-electron chi connectivity index (χ4n) is 3.79. The van der Waals surface area contributed by atoms with E-state index >= 15 is 0 Å². The SMILES string of the molecule is NCc1cccc(C2CCN(C(=O)c3cc4c(I)cccc4[nH]3)CC2)c1. The van der Waals surface area contributed by atoms with Crippen LogP contribution in [0.5, 0.6) is 0 Å². The summed E-state index contributed by atoms with van der Waals surface area (Å²) >= 11 is 2.31. The number of aromatic nitrogens is 1. The number of piperidine rings is 1. The Hall–Kier alpha value is -1.86. The Bertz CT molecular complexity index is 941. The van der Waals surface area contributed by atoms with E-state index in [1.165, 1.54) is 11.1 Å². The molecule has 0 bridgehead atoms. The molecule has 134 valence electrons. The fourth-order valence-corrected chi connectivity index (χ4v) is 4.45. The number of H-pyrrole nitrogens is 1. The molecule has 26 heavy (non-hydrogen) atoms. The van der Waals surface area contributed by atoms with Crippen molar-refractivity contribution < 1.29 is 4.79 Å². The number of likely N-dealkylation sites (tertiary alicyclic amines) is 1. The quantitative estimate of drug-likeness (QED) is 0.576. The first kappa shape index (κ1) is 17.5. The number of fused-ring (bicyclic) bond motifs is 1. The van der Waals surface area contributed by atoms with Gasteiger partial charge in [0.1, 0.15) is 5.69 Å². The number of aromatic amines is 1. The maximum absolute atomic E-state index is 12.9. The van der Waals surface area contributed by atoms with Gasteiger partial charge in [0, 0.05) is 34.1 Å². The number of benzene rings is 2.